The maximum atomic E-state index is 11.7. The number of carboxylic acids is 1. The van der Waals surface area contributed by atoms with Gasteiger partial charge in [0.2, 0.25) is 0 Å². The number of aliphatic hydroxyl groups excluding tert-OH is 1. The average Bonchev–Trinajstić information content (AvgIpc) is 3.49. The van der Waals surface area contributed by atoms with Crippen LogP contribution in [0.5, 0.6) is 0 Å². The zero-order valence-electron chi connectivity index (χ0n) is 24.6. The predicted molar refractivity (Wildman–Crippen MR) is 173 cm³/mol. The van der Waals surface area contributed by atoms with Crippen LogP contribution >= 0.6 is 0 Å². The topological polar surface area (TPSA) is 176 Å². The van der Waals surface area contributed by atoms with Crippen molar-refractivity contribution in [2.75, 3.05) is 18.5 Å². The van der Waals surface area contributed by atoms with Gasteiger partial charge in [0.05, 0.1) is 12.6 Å². The molecule has 3 aromatic rings. The summed E-state index contributed by atoms with van der Waals surface area (Å²) in [5, 5.41) is 24.5. The van der Waals surface area contributed by atoms with Crippen LogP contribution in [0.2, 0.25) is 0 Å². The smallest absolute Gasteiger partial charge is 0.328 e. The van der Waals surface area contributed by atoms with E-state index in [-0.39, 0.29) is 37.1 Å². The monoisotopic (exact) mass is 576 g/mol. The lowest BCUT2D eigenvalue weighted by Gasteiger charge is -2.25. The molecule has 0 saturated carbocycles. The number of fused-ring (bicyclic) bond motifs is 1. The summed E-state index contributed by atoms with van der Waals surface area (Å²) in [5.41, 5.74) is 19.5. The van der Waals surface area contributed by atoms with Gasteiger partial charge in [-0.2, -0.15) is 0 Å². The molecule has 0 radical (unpaired) electrons. The van der Waals surface area contributed by atoms with Gasteiger partial charge in [-0.05, 0) is 78.5 Å². The number of carboxylic acid groups (broad SMARTS) is 1. The lowest BCUT2D eigenvalue weighted by Crippen LogP contribution is -2.28. The molecule has 1 heterocycles. The van der Waals surface area contributed by atoms with E-state index in [1.807, 2.05) is 18.3 Å². The Morgan fingerprint density at radius 2 is 1.67 bits per heavy atom. The van der Waals surface area contributed by atoms with Crippen molar-refractivity contribution in [1.82, 2.24) is 4.98 Å². The molecule has 42 heavy (non-hydrogen) atoms. The number of guanidine groups is 1. The van der Waals surface area contributed by atoms with E-state index in [9.17, 15) is 9.90 Å². The van der Waals surface area contributed by atoms with E-state index in [2.05, 4.69) is 57.8 Å². The van der Waals surface area contributed by atoms with Crippen molar-refractivity contribution in [2.24, 2.45) is 22.2 Å². The number of aliphatic hydroxyl groups is 1. The summed E-state index contributed by atoms with van der Waals surface area (Å²) in [6.07, 6.45) is 12.6. The standard InChI is InChI=1S/C33H48N6O3/c34-29(12-3-1-2-6-20-40)13-7-11-25(27-16-15-24-9-4-5-10-26(24)21-27)17-18-30(39-31-14-8-19-37-31)28(22-32(41)42)23-38-33(35)36/h4-5,8-10,14-16,19,21-22,25,29-30,37,39-40H,1-3,6-7,11-13,17-18,20,23,34H2,(H,41,42)(H4,35,36,38). The highest BCUT2D eigenvalue weighted by Crippen LogP contribution is 2.32. The van der Waals surface area contributed by atoms with Gasteiger partial charge in [-0.25, -0.2) is 9.79 Å². The van der Waals surface area contributed by atoms with Crippen molar-refractivity contribution in [2.45, 2.75) is 82.2 Å². The number of aromatic nitrogens is 1. The maximum Gasteiger partial charge on any atom is 0.328 e. The number of aliphatic carboxylic acids is 1. The van der Waals surface area contributed by atoms with Crippen LogP contribution in [0.15, 0.2) is 77.4 Å². The molecule has 0 amide bonds. The van der Waals surface area contributed by atoms with Crippen molar-refractivity contribution in [1.29, 1.82) is 0 Å². The van der Waals surface area contributed by atoms with Gasteiger partial charge in [-0.3, -0.25) is 0 Å². The second-order valence-electron chi connectivity index (χ2n) is 11.1. The maximum absolute atomic E-state index is 11.7. The molecule has 0 fully saturated rings. The number of nitrogens with one attached hydrogen (secondary N) is 2. The van der Waals surface area contributed by atoms with Gasteiger partial charge in [0, 0.05) is 24.9 Å². The van der Waals surface area contributed by atoms with Gasteiger partial charge >= 0.3 is 5.97 Å². The van der Waals surface area contributed by atoms with E-state index in [4.69, 9.17) is 22.3 Å². The molecule has 9 heteroatoms. The normalized spacial score (nSPS) is 13.9. The fourth-order valence-corrected chi connectivity index (χ4v) is 5.51. The lowest BCUT2D eigenvalue weighted by atomic mass is 9.85. The number of nitrogens with two attached hydrogens (primary N) is 3. The third kappa shape index (κ3) is 11.6. The van der Waals surface area contributed by atoms with Crippen LogP contribution in [0.25, 0.3) is 10.8 Å². The molecule has 0 bridgehead atoms. The summed E-state index contributed by atoms with van der Waals surface area (Å²) in [4.78, 5) is 19.0. The van der Waals surface area contributed by atoms with E-state index in [0.717, 1.165) is 63.6 Å². The number of rotatable bonds is 20. The number of unbranched alkanes of at least 4 members (excludes halogenated alkanes) is 3. The van der Waals surface area contributed by atoms with Crippen LogP contribution in [-0.4, -0.2) is 52.4 Å². The molecule has 0 spiro atoms. The van der Waals surface area contributed by atoms with Crippen LogP contribution in [0.3, 0.4) is 0 Å². The Bertz CT molecular complexity index is 1270. The summed E-state index contributed by atoms with van der Waals surface area (Å²) >= 11 is 0. The Morgan fingerprint density at radius 3 is 2.38 bits per heavy atom. The van der Waals surface area contributed by atoms with Gasteiger partial charge in [0.15, 0.2) is 5.96 Å². The molecule has 10 N–H and O–H groups in total. The average molecular weight is 577 g/mol. The summed E-state index contributed by atoms with van der Waals surface area (Å²) in [6.45, 7) is 0.353. The zero-order chi connectivity index (χ0) is 30.2. The Balaban J connectivity index is 1.76. The molecule has 3 unspecified atom stereocenters. The van der Waals surface area contributed by atoms with Crippen LogP contribution < -0.4 is 22.5 Å². The Hall–Kier alpha value is -3.82. The minimum atomic E-state index is -1.04. The highest BCUT2D eigenvalue weighted by Gasteiger charge is 2.21. The molecule has 3 rings (SSSR count). The van der Waals surface area contributed by atoms with Gasteiger partial charge in [0.25, 0.3) is 0 Å². The molecule has 3 atom stereocenters. The second kappa shape index (κ2) is 17.9. The molecule has 0 aliphatic rings. The molecular weight excluding hydrogens is 528 g/mol. The first kappa shape index (κ1) is 32.7. The van der Waals surface area contributed by atoms with Crippen molar-refractivity contribution in [3.63, 3.8) is 0 Å². The summed E-state index contributed by atoms with van der Waals surface area (Å²) in [5.74, 6) is -0.0455. The van der Waals surface area contributed by atoms with E-state index in [0.29, 0.717) is 12.0 Å². The minimum absolute atomic E-state index is 0.0799. The Kier molecular flexibility index (Phi) is 13.9. The van der Waals surface area contributed by atoms with Crippen LogP contribution in [0.4, 0.5) is 5.82 Å². The van der Waals surface area contributed by atoms with Gasteiger partial charge in [-0.15, -0.1) is 0 Å². The highest BCUT2D eigenvalue weighted by molar-refractivity contribution is 5.83. The fraction of sp³-hybridized carbons (Fsp3) is 0.455. The Morgan fingerprint density at radius 1 is 0.905 bits per heavy atom. The second-order valence-corrected chi connectivity index (χ2v) is 11.1. The first-order valence-electron chi connectivity index (χ1n) is 15.1. The van der Waals surface area contributed by atoms with Crippen LogP contribution in [0.1, 0.15) is 75.7 Å². The highest BCUT2D eigenvalue weighted by atomic mass is 16.4. The summed E-state index contributed by atoms with van der Waals surface area (Å²) in [6, 6.07) is 18.7. The van der Waals surface area contributed by atoms with Crippen LogP contribution in [-0.2, 0) is 4.79 Å². The van der Waals surface area contributed by atoms with E-state index < -0.39 is 5.97 Å². The Labute approximate surface area is 249 Å². The van der Waals surface area contributed by atoms with Gasteiger partial charge < -0.3 is 37.7 Å². The van der Waals surface area contributed by atoms with Crippen molar-refractivity contribution in [3.05, 3.63) is 78.0 Å². The van der Waals surface area contributed by atoms with E-state index in [1.54, 1.807) is 0 Å². The molecule has 0 aliphatic carbocycles. The number of aromatic amines is 1. The lowest BCUT2D eigenvalue weighted by molar-refractivity contribution is -0.131. The molecule has 9 nitrogen and oxygen atoms in total. The summed E-state index contributed by atoms with van der Waals surface area (Å²) < 4.78 is 0. The molecule has 1 aromatic heterocycles. The third-order valence-corrected chi connectivity index (χ3v) is 7.79. The number of benzene rings is 2. The first-order chi connectivity index (χ1) is 20.4. The number of nitrogens with zero attached hydrogens (tertiary/aromatic N) is 1. The molecule has 2 aromatic carbocycles. The van der Waals surface area contributed by atoms with Crippen LogP contribution in [0, 0.1) is 0 Å². The number of carbonyl (C=O) groups is 1. The fourth-order valence-electron chi connectivity index (χ4n) is 5.51. The zero-order valence-corrected chi connectivity index (χ0v) is 24.6. The van der Waals surface area contributed by atoms with Crippen molar-refractivity contribution < 1.29 is 15.0 Å². The number of H-pyrrole nitrogens is 1. The largest absolute Gasteiger partial charge is 0.478 e. The first-order valence-corrected chi connectivity index (χ1v) is 15.1. The number of anilines is 1. The minimum Gasteiger partial charge on any atom is -0.478 e. The van der Waals surface area contributed by atoms with Crippen molar-refractivity contribution >= 4 is 28.5 Å². The summed E-state index contributed by atoms with van der Waals surface area (Å²) in [7, 11) is 0. The molecular formula is C33H48N6O3. The predicted octanol–water partition coefficient (Wildman–Crippen LogP) is 5.24. The number of hydrogen-bond acceptors (Lipinski definition) is 5. The SMILES string of the molecule is NC(N)=NCC(=CC(=O)O)C(CCC(CCCC(N)CCCCCCO)c1ccc2ccccc2c1)Nc1ccc[nH]1. The number of hydrogen-bond donors (Lipinski definition) is 7. The van der Waals surface area contributed by atoms with Gasteiger partial charge in [-0.1, -0.05) is 68.1 Å². The molecule has 0 aliphatic heterocycles. The molecule has 228 valence electrons. The quantitative estimate of drug-likeness (QED) is 0.0416. The van der Waals surface area contributed by atoms with E-state index in [1.165, 1.54) is 22.4 Å². The van der Waals surface area contributed by atoms with E-state index >= 15 is 0 Å². The molecule has 0 saturated heterocycles. The van der Waals surface area contributed by atoms with Crippen molar-refractivity contribution in [3.8, 4) is 0 Å². The van der Waals surface area contributed by atoms with Gasteiger partial charge in [0.1, 0.15) is 5.82 Å². The number of aliphatic imine (C=N–C) groups is 1. The third-order valence-electron chi connectivity index (χ3n) is 7.79.